The van der Waals surface area contributed by atoms with Gasteiger partial charge in [-0.05, 0) is 55.3 Å². The number of rotatable bonds is 11. The molecular weight excluding hydrogens is 552 g/mol. The van der Waals surface area contributed by atoms with Crippen LogP contribution in [0.25, 0.3) is 10.2 Å². The van der Waals surface area contributed by atoms with E-state index in [9.17, 15) is 23.2 Å². The van der Waals surface area contributed by atoms with Crippen LogP contribution in [0, 0.1) is 11.6 Å². The van der Waals surface area contributed by atoms with Gasteiger partial charge in [-0.15, -0.1) is 11.3 Å². The average molecular weight is 582 g/mol. The third kappa shape index (κ3) is 7.62. The van der Waals surface area contributed by atoms with Gasteiger partial charge in [0.05, 0.1) is 22.8 Å². The van der Waals surface area contributed by atoms with Crippen molar-refractivity contribution in [2.24, 2.45) is 5.73 Å². The number of nitrogens with one attached hydrogen (secondary N) is 1. The number of aromatic nitrogens is 2. The monoisotopic (exact) mass is 581 g/mol. The fourth-order valence-corrected chi connectivity index (χ4v) is 4.84. The summed E-state index contributed by atoms with van der Waals surface area (Å²) >= 11 is 1.32. The van der Waals surface area contributed by atoms with Gasteiger partial charge in [0.1, 0.15) is 34.7 Å². The van der Waals surface area contributed by atoms with E-state index in [1.54, 1.807) is 50.6 Å². The third-order valence-corrected chi connectivity index (χ3v) is 7.16. The maximum absolute atomic E-state index is 14.0. The van der Waals surface area contributed by atoms with Gasteiger partial charge < -0.3 is 25.3 Å². The summed E-state index contributed by atoms with van der Waals surface area (Å²) in [5.74, 6) is -1.54. The summed E-state index contributed by atoms with van der Waals surface area (Å²) in [6.45, 7) is 0.0525. The van der Waals surface area contributed by atoms with Crippen LogP contribution in [0.5, 0.6) is 5.75 Å². The Morgan fingerprint density at radius 3 is 2.76 bits per heavy atom. The molecule has 41 heavy (non-hydrogen) atoms. The molecule has 1 unspecified atom stereocenters. The molecule has 0 aliphatic heterocycles. The van der Waals surface area contributed by atoms with Crippen molar-refractivity contribution in [1.82, 2.24) is 14.5 Å². The first-order valence-electron chi connectivity index (χ1n) is 12.7. The quantitative estimate of drug-likeness (QED) is 0.258. The summed E-state index contributed by atoms with van der Waals surface area (Å²) in [5, 5.41) is 3.21. The van der Waals surface area contributed by atoms with Crippen LogP contribution in [0.1, 0.15) is 23.4 Å². The second-order valence-electron chi connectivity index (χ2n) is 9.40. The highest BCUT2D eigenvalue weighted by molar-refractivity contribution is 7.19. The Labute approximate surface area is 238 Å². The van der Waals surface area contributed by atoms with Crippen LogP contribution in [-0.4, -0.2) is 46.4 Å². The fraction of sp³-hybridized carbons (Fsp3) is 0.241. The number of nitrogens with zero attached hydrogens (tertiary/aromatic N) is 3. The molecule has 4 rings (SSSR count). The number of benzene rings is 2. The van der Waals surface area contributed by atoms with Gasteiger partial charge in [-0.2, -0.15) is 0 Å². The van der Waals surface area contributed by atoms with Crippen LogP contribution in [-0.2, 0) is 22.7 Å². The van der Waals surface area contributed by atoms with Crippen molar-refractivity contribution < 1.29 is 23.1 Å². The molecule has 0 aliphatic rings. The van der Waals surface area contributed by atoms with Gasteiger partial charge in [-0.25, -0.2) is 13.8 Å². The number of hydrogen-bond donors (Lipinski definition) is 2. The molecule has 2 aromatic heterocycles. The lowest BCUT2D eigenvalue weighted by atomic mass is 10.1. The van der Waals surface area contributed by atoms with E-state index in [1.807, 2.05) is 0 Å². The number of likely N-dealkylation sites (N-methyl/N-ethyl adjacent to an activating group) is 1. The second kappa shape index (κ2) is 13.3. The Kier molecular flexibility index (Phi) is 9.58. The van der Waals surface area contributed by atoms with E-state index in [-0.39, 0.29) is 30.3 Å². The van der Waals surface area contributed by atoms with E-state index >= 15 is 0 Å². The van der Waals surface area contributed by atoms with Crippen molar-refractivity contribution >= 4 is 39.1 Å². The lowest BCUT2D eigenvalue weighted by molar-refractivity contribution is -0.123. The first kappa shape index (κ1) is 29.6. The molecule has 2 amide bonds. The zero-order valence-electron chi connectivity index (χ0n) is 22.5. The lowest BCUT2D eigenvalue weighted by Crippen LogP contribution is -2.37. The van der Waals surface area contributed by atoms with Gasteiger partial charge in [0.15, 0.2) is 0 Å². The number of thiazole rings is 1. The number of carbonyl (C=O) groups excluding carboxylic acids is 2. The number of hydrogen-bond acceptors (Lipinski definition) is 7. The van der Waals surface area contributed by atoms with Gasteiger partial charge >= 0.3 is 0 Å². The summed E-state index contributed by atoms with van der Waals surface area (Å²) in [5.41, 5.74) is 6.50. The minimum absolute atomic E-state index is 0.0812. The molecule has 0 saturated carbocycles. The number of nitrogens with two attached hydrogens (primary N) is 1. The highest BCUT2D eigenvalue weighted by Gasteiger charge is 2.16. The Hall–Kier alpha value is -4.42. The fourth-order valence-electron chi connectivity index (χ4n) is 3.81. The summed E-state index contributed by atoms with van der Waals surface area (Å²) in [7, 11) is 3.28. The van der Waals surface area contributed by atoms with E-state index in [2.05, 4.69) is 10.3 Å². The predicted molar refractivity (Wildman–Crippen MR) is 154 cm³/mol. The van der Waals surface area contributed by atoms with Gasteiger partial charge in [0.2, 0.25) is 11.8 Å². The topological polar surface area (TPSA) is 120 Å². The second-order valence-corrected chi connectivity index (χ2v) is 10.5. The highest BCUT2D eigenvalue weighted by Crippen LogP contribution is 2.32. The van der Waals surface area contributed by atoms with Crippen molar-refractivity contribution in [3.63, 3.8) is 0 Å². The molecule has 4 aromatic rings. The molecule has 214 valence electrons. The zero-order chi connectivity index (χ0) is 29.5. The molecule has 0 spiro atoms. The van der Waals surface area contributed by atoms with Crippen molar-refractivity contribution in [2.75, 3.05) is 19.4 Å². The zero-order valence-corrected chi connectivity index (χ0v) is 23.3. The van der Waals surface area contributed by atoms with Crippen LogP contribution in [0.4, 0.5) is 14.5 Å². The van der Waals surface area contributed by atoms with E-state index in [0.717, 1.165) is 10.8 Å². The minimum atomic E-state index is -0.867. The van der Waals surface area contributed by atoms with Crippen molar-refractivity contribution in [2.45, 2.75) is 32.0 Å². The number of amides is 2. The molecule has 0 radical (unpaired) electrons. The highest BCUT2D eigenvalue weighted by atomic mass is 32.1. The largest absolute Gasteiger partial charge is 0.487 e. The van der Waals surface area contributed by atoms with Crippen LogP contribution >= 0.6 is 11.3 Å². The molecule has 0 aliphatic carbocycles. The number of carbonyl (C=O) groups is 2. The lowest BCUT2D eigenvalue weighted by Gasteiger charge is -2.12. The van der Waals surface area contributed by atoms with Crippen LogP contribution < -0.4 is 21.3 Å². The van der Waals surface area contributed by atoms with E-state index < -0.39 is 29.1 Å². The van der Waals surface area contributed by atoms with Crippen molar-refractivity contribution in [1.29, 1.82) is 0 Å². The predicted octanol–water partition coefficient (Wildman–Crippen LogP) is 4.05. The van der Waals surface area contributed by atoms with E-state index in [0.29, 0.717) is 29.1 Å². The summed E-state index contributed by atoms with van der Waals surface area (Å²) in [4.78, 5) is 43.3. The first-order valence-corrected chi connectivity index (χ1v) is 13.5. The van der Waals surface area contributed by atoms with Gasteiger partial charge in [-0.1, -0.05) is 12.1 Å². The van der Waals surface area contributed by atoms with E-state index in [1.165, 1.54) is 45.1 Å². The summed E-state index contributed by atoms with van der Waals surface area (Å²) < 4.78 is 35.2. The maximum atomic E-state index is 14.0. The van der Waals surface area contributed by atoms with Gasteiger partial charge in [0.25, 0.3) is 5.56 Å². The molecule has 2 aromatic carbocycles. The Bertz CT molecular complexity index is 1650. The van der Waals surface area contributed by atoms with Crippen LogP contribution in [0.2, 0.25) is 0 Å². The van der Waals surface area contributed by atoms with Crippen LogP contribution in [0.15, 0.2) is 71.7 Å². The smallest absolute Gasteiger partial charge is 0.274 e. The number of halogens is 2. The van der Waals surface area contributed by atoms with Crippen LogP contribution in [0.3, 0.4) is 0 Å². The molecule has 2 heterocycles. The minimum Gasteiger partial charge on any atom is -0.487 e. The van der Waals surface area contributed by atoms with Crippen molar-refractivity contribution in [3.05, 3.63) is 99.4 Å². The molecule has 0 saturated heterocycles. The number of anilines is 1. The van der Waals surface area contributed by atoms with Gasteiger partial charge in [-0.3, -0.25) is 14.4 Å². The molecule has 12 heteroatoms. The molecule has 9 nitrogen and oxygen atoms in total. The van der Waals surface area contributed by atoms with Crippen molar-refractivity contribution in [3.8, 4) is 5.75 Å². The number of ether oxygens (including phenoxy) is 1. The first-order chi connectivity index (χ1) is 19.6. The number of fused-ring (bicyclic) bond motifs is 1. The molecule has 0 bridgehead atoms. The Balaban J connectivity index is 1.42. The third-order valence-electron chi connectivity index (χ3n) is 6.09. The number of pyridine rings is 1. The van der Waals surface area contributed by atoms with Gasteiger partial charge in [0, 0.05) is 31.9 Å². The standard InChI is InChI=1S/C29H29F2N5O4S/c1-35(2)26(37)11-4-3-7-21(32)28(38)34-23-9-6-14-36(29(23)39)16-25-33-22-8-5-10-24(27(22)41-25)40-17-18-12-13-19(30)15-20(18)31/h4-6,8-15,21H,3,7,16-17,32H2,1-2H3,(H,34,38)/b11-4+. The van der Waals surface area contributed by atoms with E-state index in [4.69, 9.17) is 10.5 Å². The maximum Gasteiger partial charge on any atom is 0.274 e. The summed E-state index contributed by atoms with van der Waals surface area (Å²) in [6, 6.07) is 10.9. The summed E-state index contributed by atoms with van der Waals surface area (Å²) in [6.07, 6.45) is 5.39. The molecule has 3 N–H and O–H groups in total. The molecule has 1 atom stereocenters. The number of allylic oxidation sites excluding steroid dienone is 1. The molecule has 0 fully saturated rings. The normalized spacial score (nSPS) is 12.0. The Morgan fingerprint density at radius 2 is 2.00 bits per heavy atom. The molecular formula is C29H29F2N5O4S. The SMILES string of the molecule is CN(C)C(=O)/C=C/CCC(N)C(=O)Nc1cccn(Cc2nc3cccc(OCc4ccc(F)cc4F)c3s2)c1=O. The Morgan fingerprint density at radius 1 is 1.20 bits per heavy atom. The average Bonchev–Trinajstić information content (AvgIpc) is 3.35.